The number of rotatable bonds is 2. The second kappa shape index (κ2) is 6.47. The molecule has 0 heterocycles. The third-order valence-corrected chi connectivity index (χ3v) is 4.10. The fraction of sp³-hybridized carbons (Fsp3) is 0.0714. The number of benzene rings is 2. The number of hydrogen-bond donors (Lipinski definition) is 3. The van der Waals surface area contributed by atoms with E-state index in [4.69, 9.17) is 23.2 Å². The van der Waals surface area contributed by atoms with Crippen LogP contribution < -0.4 is 9.62 Å². The molecule has 4 nitrogen and oxygen atoms in total. The summed E-state index contributed by atoms with van der Waals surface area (Å²) in [5, 5.41) is 13.1. The van der Waals surface area contributed by atoms with Gasteiger partial charge in [-0.15, -0.1) is 0 Å². The zero-order valence-corrected chi connectivity index (χ0v) is 13.4. The largest absolute Gasteiger partial charge is 0.504 e. The number of hydrogen-bond acceptors (Lipinski definition) is 3. The Balaban J connectivity index is 2.28. The van der Waals surface area contributed by atoms with E-state index in [1.54, 1.807) is 31.2 Å². The molecule has 2 N–H and O–H groups in total. The first-order valence-electron chi connectivity index (χ1n) is 5.94. The molecule has 2 rings (SSSR count). The van der Waals surface area contributed by atoms with E-state index in [0.717, 1.165) is 4.31 Å². The number of phenolic OH excluding ortho intramolecular Hbond substituents is 1. The van der Waals surface area contributed by atoms with Crippen molar-refractivity contribution in [1.82, 2.24) is 0 Å². The summed E-state index contributed by atoms with van der Waals surface area (Å²) in [5.74, 6) is -0.253. The van der Waals surface area contributed by atoms with Crippen molar-refractivity contribution in [2.75, 3.05) is 9.62 Å². The number of nitrogens with one attached hydrogen (secondary N) is 1. The van der Waals surface area contributed by atoms with Gasteiger partial charge in [0.1, 0.15) is 5.69 Å². The Kier molecular flexibility index (Phi) is 4.88. The van der Waals surface area contributed by atoms with E-state index in [1.807, 2.05) is 6.07 Å². The van der Waals surface area contributed by atoms with Gasteiger partial charge in [0.25, 0.3) is 0 Å². The van der Waals surface area contributed by atoms with E-state index in [1.165, 1.54) is 6.07 Å². The van der Waals surface area contributed by atoms with Crippen molar-refractivity contribution in [2.24, 2.45) is 0 Å². The van der Waals surface area contributed by atoms with Gasteiger partial charge in [-0.1, -0.05) is 54.2 Å². The van der Waals surface area contributed by atoms with Gasteiger partial charge in [-0.3, -0.25) is 0 Å². The van der Waals surface area contributed by atoms with Crippen LogP contribution in [0.5, 0.6) is 5.75 Å². The zero-order valence-electron chi connectivity index (χ0n) is 11.0. The molecule has 0 spiro atoms. The number of nitrogens with zero attached hydrogens (tertiary/aromatic N) is 1. The molecule has 2 aromatic carbocycles. The molecular weight excluding hydrogens is 331 g/mol. The molecule has 7 heteroatoms. The molecule has 21 heavy (non-hydrogen) atoms. The summed E-state index contributed by atoms with van der Waals surface area (Å²) in [5.41, 5.74) is 1.24. The first-order chi connectivity index (χ1) is 9.91. The molecule has 0 bridgehead atoms. The Morgan fingerprint density at radius 3 is 2.52 bits per heavy atom. The van der Waals surface area contributed by atoms with E-state index in [9.17, 15) is 9.90 Å². The summed E-state index contributed by atoms with van der Waals surface area (Å²) < 4.78 is 0.944. The van der Waals surface area contributed by atoms with Crippen molar-refractivity contribution in [3.8, 4) is 5.75 Å². The van der Waals surface area contributed by atoms with Crippen molar-refractivity contribution in [2.45, 2.75) is 6.92 Å². The fourth-order valence-corrected chi connectivity index (χ4v) is 2.31. The lowest BCUT2D eigenvalue weighted by molar-refractivity contribution is 0.260. The van der Waals surface area contributed by atoms with E-state index in [0.29, 0.717) is 16.3 Å². The van der Waals surface area contributed by atoms with Crippen molar-refractivity contribution in [3.05, 3.63) is 52.0 Å². The number of para-hydroxylation sites is 1. The van der Waals surface area contributed by atoms with Crippen LogP contribution in [0.1, 0.15) is 5.56 Å². The van der Waals surface area contributed by atoms with Crippen LogP contribution in [-0.2, 0) is 0 Å². The number of carbonyl (C=O) groups excluding carboxylic acids is 1. The number of amides is 2. The summed E-state index contributed by atoms with van der Waals surface area (Å²) in [6.07, 6.45) is 0. The van der Waals surface area contributed by atoms with Crippen LogP contribution in [0.4, 0.5) is 16.2 Å². The van der Waals surface area contributed by atoms with Crippen LogP contribution in [-0.4, -0.2) is 11.1 Å². The quantitative estimate of drug-likeness (QED) is 0.680. The van der Waals surface area contributed by atoms with Crippen LogP contribution in [0.25, 0.3) is 0 Å². The van der Waals surface area contributed by atoms with Crippen molar-refractivity contribution >= 4 is 53.4 Å². The van der Waals surface area contributed by atoms with E-state index in [-0.39, 0.29) is 16.5 Å². The molecular formula is C14H12Cl2N2O2S. The maximum atomic E-state index is 12.1. The SMILES string of the molecule is Cc1c(Cl)cc(N(S)C(=O)Nc2ccccc2)c(O)c1Cl. The van der Waals surface area contributed by atoms with Gasteiger partial charge in [0.05, 0.1) is 5.02 Å². The van der Waals surface area contributed by atoms with Crippen LogP contribution in [0.15, 0.2) is 36.4 Å². The van der Waals surface area contributed by atoms with Gasteiger partial charge in [-0.05, 0) is 30.7 Å². The normalized spacial score (nSPS) is 10.3. The predicted octanol–water partition coefficient (Wildman–Crippen LogP) is 4.89. The second-order valence-electron chi connectivity index (χ2n) is 4.27. The highest BCUT2D eigenvalue weighted by Crippen LogP contribution is 2.41. The molecule has 0 saturated heterocycles. The van der Waals surface area contributed by atoms with Gasteiger partial charge in [0.15, 0.2) is 5.75 Å². The van der Waals surface area contributed by atoms with Gasteiger partial charge in [-0.2, -0.15) is 0 Å². The van der Waals surface area contributed by atoms with Crippen LogP contribution in [0, 0.1) is 6.92 Å². The first-order valence-corrected chi connectivity index (χ1v) is 7.10. The van der Waals surface area contributed by atoms with Crippen molar-refractivity contribution in [1.29, 1.82) is 0 Å². The van der Waals surface area contributed by atoms with Gasteiger partial charge in [-0.25, -0.2) is 9.10 Å². The molecule has 0 aliphatic carbocycles. The average molecular weight is 343 g/mol. The summed E-state index contributed by atoms with van der Waals surface area (Å²) in [6.45, 7) is 1.67. The average Bonchev–Trinajstić information content (AvgIpc) is 2.49. The van der Waals surface area contributed by atoms with Crippen LogP contribution in [0.3, 0.4) is 0 Å². The molecule has 0 aliphatic rings. The molecule has 0 fully saturated rings. The lowest BCUT2D eigenvalue weighted by atomic mass is 10.2. The summed E-state index contributed by atoms with van der Waals surface area (Å²) >= 11 is 16.1. The minimum Gasteiger partial charge on any atom is -0.504 e. The number of phenols is 1. The standard InChI is InChI=1S/C14H12Cl2N2O2S/c1-8-10(15)7-11(13(19)12(8)16)18(21)14(20)17-9-5-3-2-4-6-9/h2-7,19,21H,1H3,(H,17,20). The third-order valence-electron chi connectivity index (χ3n) is 2.85. The molecule has 0 radical (unpaired) electrons. The Morgan fingerprint density at radius 2 is 1.90 bits per heavy atom. The lowest BCUT2D eigenvalue weighted by Crippen LogP contribution is -2.26. The van der Waals surface area contributed by atoms with E-state index >= 15 is 0 Å². The molecule has 0 saturated carbocycles. The first kappa shape index (κ1) is 15.8. The maximum Gasteiger partial charge on any atom is 0.336 e. The molecule has 2 aromatic rings. The third kappa shape index (κ3) is 3.37. The molecule has 0 atom stereocenters. The van der Waals surface area contributed by atoms with E-state index < -0.39 is 6.03 Å². The van der Waals surface area contributed by atoms with Crippen molar-refractivity contribution < 1.29 is 9.90 Å². The highest BCUT2D eigenvalue weighted by atomic mass is 35.5. The van der Waals surface area contributed by atoms with Crippen LogP contribution >= 0.6 is 36.0 Å². The van der Waals surface area contributed by atoms with Gasteiger partial charge >= 0.3 is 6.03 Å². The number of urea groups is 1. The Labute approximate surface area is 137 Å². The van der Waals surface area contributed by atoms with Crippen molar-refractivity contribution in [3.63, 3.8) is 0 Å². The van der Waals surface area contributed by atoms with Gasteiger partial charge in [0.2, 0.25) is 0 Å². The molecule has 0 aromatic heterocycles. The summed E-state index contributed by atoms with van der Waals surface area (Å²) in [7, 11) is 0. The number of aromatic hydroxyl groups is 1. The number of anilines is 2. The minimum absolute atomic E-state index is 0.0871. The Bertz CT molecular complexity index is 680. The highest BCUT2D eigenvalue weighted by molar-refractivity contribution is 7.82. The molecule has 0 aliphatic heterocycles. The minimum atomic E-state index is -0.546. The number of thiol groups is 1. The number of halogens is 2. The monoisotopic (exact) mass is 342 g/mol. The molecule has 2 amide bonds. The fourth-order valence-electron chi connectivity index (χ4n) is 1.66. The lowest BCUT2D eigenvalue weighted by Gasteiger charge is -2.19. The Morgan fingerprint density at radius 1 is 1.29 bits per heavy atom. The predicted molar refractivity (Wildman–Crippen MR) is 89.8 cm³/mol. The topological polar surface area (TPSA) is 52.6 Å². The van der Waals surface area contributed by atoms with Gasteiger partial charge < -0.3 is 10.4 Å². The molecule has 0 unspecified atom stereocenters. The zero-order chi connectivity index (χ0) is 15.6. The number of carbonyl (C=O) groups is 1. The van der Waals surface area contributed by atoms with Crippen LogP contribution in [0.2, 0.25) is 10.0 Å². The smallest absolute Gasteiger partial charge is 0.336 e. The van der Waals surface area contributed by atoms with E-state index in [2.05, 4.69) is 18.1 Å². The maximum absolute atomic E-state index is 12.1. The molecule has 110 valence electrons. The second-order valence-corrected chi connectivity index (χ2v) is 5.46. The summed E-state index contributed by atoms with van der Waals surface area (Å²) in [6, 6.07) is 9.75. The van der Waals surface area contributed by atoms with Gasteiger partial charge in [0, 0.05) is 10.7 Å². The Hall–Kier alpha value is -1.56. The highest BCUT2D eigenvalue weighted by Gasteiger charge is 2.20. The summed E-state index contributed by atoms with van der Waals surface area (Å²) in [4.78, 5) is 12.1.